The van der Waals surface area contributed by atoms with Crippen LogP contribution in [0.2, 0.25) is 0 Å². The van der Waals surface area contributed by atoms with Crippen LogP contribution in [0.1, 0.15) is 10.6 Å². The number of anilines is 2. The van der Waals surface area contributed by atoms with Crippen molar-refractivity contribution in [2.45, 2.75) is 13.1 Å². The van der Waals surface area contributed by atoms with Gasteiger partial charge < -0.3 is 15.8 Å². The topological polar surface area (TPSA) is 80.5 Å². The van der Waals surface area contributed by atoms with Gasteiger partial charge in [-0.25, -0.2) is 4.98 Å². The second kappa shape index (κ2) is 5.71. The summed E-state index contributed by atoms with van der Waals surface area (Å²) in [6.45, 7) is 1.76. The number of nitrogen functional groups attached to an aromatic ring is 1. The lowest BCUT2D eigenvalue weighted by atomic mass is 10.3. The molecule has 0 atom stereocenters. The Labute approximate surface area is 126 Å². The molecule has 0 bridgehead atoms. The van der Waals surface area contributed by atoms with Crippen LogP contribution in [0.25, 0.3) is 0 Å². The minimum absolute atomic E-state index is 0.0386. The molecule has 7 heteroatoms. The van der Waals surface area contributed by atoms with E-state index >= 15 is 0 Å². The molecule has 1 aliphatic rings. The van der Waals surface area contributed by atoms with Gasteiger partial charge in [-0.3, -0.25) is 9.69 Å². The van der Waals surface area contributed by atoms with Gasteiger partial charge in [-0.1, -0.05) is 0 Å². The number of nitrogens with zero attached hydrogens (tertiary/aromatic N) is 2. The fraction of sp³-hybridized carbons (Fsp3) is 0.286. The second-order valence-corrected chi connectivity index (χ2v) is 5.96. The summed E-state index contributed by atoms with van der Waals surface area (Å²) in [5, 5.41) is 3.47. The number of fused-ring (bicyclic) bond motifs is 1. The van der Waals surface area contributed by atoms with Gasteiger partial charge in [-0.2, -0.15) is 0 Å². The summed E-state index contributed by atoms with van der Waals surface area (Å²) in [6.07, 6.45) is 0. The Hall–Kier alpha value is -2.12. The molecule has 110 valence electrons. The van der Waals surface area contributed by atoms with Crippen LogP contribution < -0.4 is 15.8 Å². The first-order chi connectivity index (χ1) is 10.1. The third-order valence-corrected chi connectivity index (χ3v) is 4.19. The average Bonchev–Trinajstić information content (AvgIpc) is 2.96. The number of nitrogens with one attached hydrogen (secondary N) is 1. The predicted octanol–water partition coefficient (Wildman–Crippen LogP) is 1.69. The summed E-state index contributed by atoms with van der Waals surface area (Å²) in [4.78, 5) is 19.5. The van der Waals surface area contributed by atoms with Crippen molar-refractivity contribution in [3.63, 3.8) is 0 Å². The summed E-state index contributed by atoms with van der Waals surface area (Å²) in [7, 11) is 1.61. The number of carbonyl (C=O) groups is 1. The first-order valence-corrected chi connectivity index (χ1v) is 7.36. The molecular weight excluding hydrogens is 288 g/mol. The van der Waals surface area contributed by atoms with E-state index in [2.05, 4.69) is 10.3 Å². The molecule has 2 heterocycles. The van der Waals surface area contributed by atoms with E-state index < -0.39 is 0 Å². The largest absolute Gasteiger partial charge is 0.497 e. The lowest BCUT2D eigenvalue weighted by Gasteiger charge is -2.14. The van der Waals surface area contributed by atoms with Crippen LogP contribution in [-0.4, -0.2) is 29.4 Å². The molecule has 0 unspecified atom stereocenters. The summed E-state index contributed by atoms with van der Waals surface area (Å²) in [5.41, 5.74) is 7.42. The molecule has 0 spiro atoms. The standard InChI is InChI=1S/C14H16N4O2S/c1-20-10-4-2-9(3-5-10)16-13(19)8-18-6-11-12(7-18)21-14(15)17-11/h2-5H,6-8H2,1H3,(H2,15,17)(H,16,19). The Kier molecular flexibility index (Phi) is 3.76. The van der Waals surface area contributed by atoms with E-state index in [4.69, 9.17) is 10.5 Å². The number of hydrogen-bond donors (Lipinski definition) is 2. The van der Waals surface area contributed by atoms with Crippen molar-refractivity contribution >= 4 is 28.1 Å². The van der Waals surface area contributed by atoms with Crippen molar-refractivity contribution in [3.05, 3.63) is 34.8 Å². The Balaban J connectivity index is 1.54. The Morgan fingerprint density at radius 1 is 1.43 bits per heavy atom. The van der Waals surface area contributed by atoms with Gasteiger partial charge in [0.2, 0.25) is 5.91 Å². The molecule has 1 amide bonds. The summed E-state index contributed by atoms with van der Waals surface area (Å²) < 4.78 is 5.08. The first kappa shape index (κ1) is 13.8. The molecule has 1 aromatic carbocycles. The lowest BCUT2D eigenvalue weighted by molar-refractivity contribution is -0.117. The Morgan fingerprint density at radius 2 is 2.19 bits per heavy atom. The van der Waals surface area contributed by atoms with Crippen molar-refractivity contribution in [2.24, 2.45) is 0 Å². The van der Waals surface area contributed by atoms with Gasteiger partial charge in [0.15, 0.2) is 5.13 Å². The van der Waals surface area contributed by atoms with Crippen LogP contribution in [0, 0.1) is 0 Å². The van der Waals surface area contributed by atoms with Gasteiger partial charge >= 0.3 is 0 Å². The smallest absolute Gasteiger partial charge is 0.238 e. The highest BCUT2D eigenvalue weighted by molar-refractivity contribution is 7.15. The molecule has 1 aliphatic heterocycles. The number of thiazole rings is 1. The average molecular weight is 304 g/mol. The fourth-order valence-corrected chi connectivity index (χ4v) is 3.19. The van der Waals surface area contributed by atoms with E-state index in [1.165, 1.54) is 11.3 Å². The maximum Gasteiger partial charge on any atom is 0.238 e. The molecule has 3 N–H and O–H groups in total. The third-order valence-electron chi connectivity index (χ3n) is 3.28. The van der Waals surface area contributed by atoms with E-state index in [0.717, 1.165) is 28.6 Å². The number of rotatable bonds is 4. The minimum Gasteiger partial charge on any atom is -0.497 e. The lowest BCUT2D eigenvalue weighted by Crippen LogP contribution is -2.29. The maximum absolute atomic E-state index is 12.0. The molecule has 0 saturated heterocycles. The van der Waals surface area contributed by atoms with Crippen LogP contribution in [0.5, 0.6) is 5.75 Å². The Bertz CT molecular complexity index is 630. The van der Waals surface area contributed by atoms with E-state index in [0.29, 0.717) is 18.2 Å². The summed E-state index contributed by atoms with van der Waals surface area (Å²) in [6, 6.07) is 7.27. The number of carbonyl (C=O) groups excluding carboxylic acids is 1. The van der Waals surface area contributed by atoms with Gasteiger partial charge in [0, 0.05) is 23.7 Å². The van der Waals surface area contributed by atoms with Gasteiger partial charge in [0.25, 0.3) is 0 Å². The zero-order chi connectivity index (χ0) is 14.8. The highest BCUT2D eigenvalue weighted by Crippen LogP contribution is 2.29. The second-order valence-electron chi connectivity index (χ2n) is 4.84. The van der Waals surface area contributed by atoms with Gasteiger partial charge in [0.1, 0.15) is 5.75 Å². The monoisotopic (exact) mass is 304 g/mol. The molecule has 3 rings (SSSR count). The molecule has 0 saturated carbocycles. The zero-order valence-corrected chi connectivity index (χ0v) is 12.4. The van der Waals surface area contributed by atoms with Crippen LogP contribution in [0.3, 0.4) is 0 Å². The maximum atomic E-state index is 12.0. The zero-order valence-electron chi connectivity index (χ0n) is 11.6. The first-order valence-electron chi connectivity index (χ1n) is 6.54. The van der Waals surface area contributed by atoms with Gasteiger partial charge in [0.05, 0.1) is 19.3 Å². The number of aromatic nitrogens is 1. The van der Waals surface area contributed by atoms with E-state index in [-0.39, 0.29) is 5.91 Å². The molecule has 0 radical (unpaired) electrons. The summed E-state index contributed by atoms with van der Waals surface area (Å²) in [5.74, 6) is 0.726. The number of methoxy groups -OCH3 is 1. The number of hydrogen-bond acceptors (Lipinski definition) is 6. The highest BCUT2D eigenvalue weighted by Gasteiger charge is 2.24. The number of nitrogens with two attached hydrogens (primary N) is 1. The van der Waals surface area contributed by atoms with E-state index in [1.807, 2.05) is 29.2 Å². The normalized spacial score (nSPS) is 14.0. The fourth-order valence-electron chi connectivity index (χ4n) is 2.31. The third kappa shape index (κ3) is 3.14. The molecule has 2 aromatic rings. The molecular formula is C14H16N4O2S. The molecule has 0 aliphatic carbocycles. The quantitative estimate of drug-likeness (QED) is 0.898. The molecule has 1 aromatic heterocycles. The number of amides is 1. The van der Waals surface area contributed by atoms with Crippen molar-refractivity contribution < 1.29 is 9.53 Å². The van der Waals surface area contributed by atoms with Crippen molar-refractivity contribution in [3.8, 4) is 5.75 Å². The van der Waals surface area contributed by atoms with Crippen LogP contribution in [0.15, 0.2) is 24.3 Å². The van der Waals surface area contributed by atoms with Crippen molar-refractivity contribution in [2.75, 3.05) is 24.7 Å². The van der Waals surface area contributed by atoms with Crippen molar-refractivity contribution in [1.29, 1.82) is 0 Å². The Morgan fingerprint density at radius 3 is 2.86 bits per heavy atom. The highest BCUT2D eigenvalue weighted by atomic mass is 32.1. The van der Waals surface area contributed by atoms with Gasteiger partial charge in [-0.05, 0) is 24.3 Å². The molecule has 21 heavy (non-hydrogen) atoms. The van der Waals surface area contributed by atoms with Crippen molar-refractivity contribution in [1.82, 2.24) is 9.88 Å². The van der Waals surface area contributed by atoms with Gasteiger partial charge in [-0.15, -0.1) is 11.3 Å². The predicted molar refractivity (Wildman–Crippen MR) is 82.3 cm³/mol. The number of ether oxygens (including phenoxy) is 1. The summed E-state index contributed by atoms with van der Waals surface area (Å²) >= 11 is 1.50. The van der Waals surface area contributed by atoms with Crippen LogP contribution >= 0.6 is 11.3 Å². The van der Waals surface area contributed by atoms with Crippen LogP contribution in [0.4, 0.5) is 10.8 Å². The molecule has 0 fully saturated rings. The van der Waals surface area contributed by atoms with E-state index in [1.54, 1.807) is 7.11 Å². The van der Waals surface area contributed by atoms with Crippen LogP contribution in [-0.2, 0) is 17.9 Å². The van der Waals surface area contributed by atoms with E-state index in [9.17, 15) is 4.79 Å². The molecule has 6 nitrogen and oxygen atoms in total. The SMILES string of the molecule is COc1ccc(NC(=O)CN2Cc3nc(N)sc3C2)cc1. The minimum atomic E-state index is -0.0386. The number of benzene rings is 1.